The second-order valence-corrected chi connectivity index (χ2v) is 7.21. The van der Waals surface area contributed by atoms with Gasteiger partial charge in [-0.05, 0) is 24.8 Å². The minimum absolute atomic E-state index is 0.00826. The normalized spacial score (nSPS) is 14.5. The van der Waals surface area contributed by atoms with Crippen LogP contribution in [0.5, 0.6) is 0 Å². The Morgan fingerprint density at radius 2 is 1.92 bits per heavy atom. The first-order chi connectivity index (χ1) is 12.7. The molecule has 0 radical (unpaired) electrons. The van der Waals surface area contributed by atoms with Gasteiger partial charge in [0.2, 0.25) is 10.1 Å². The molecule has 3 aromatic rings. The number of amides is 1. The van der Waals surface area contributed by atoms with Gasteiger partial charge < -0.3 is 10.2 Å². The van der Waals surface area contributed by atoms with Crippen LogP contribution in [-0.4, -0.2) is 33.6 Å². The number of rotatable bonds is 4. The minimum atomic E-state index is -0.437. The van der Waals surface area contributed by atoms with Crippen LogP contribution < -0.4 is 15.8 Å². The molecule has 134 valence electrons. The molecule has 0 atom stereocenters. The van der Waals surface area contributed by atoms with Crippen LogP contribution in [0.1, 0.15) is 35.2 Å². The highest BCUT2D eigenvalue weighted by Gasteiger charge is 2.19. The van der Waals surface area contributed by atoms with Gasteiger partial charge in [-0.25, -0.2) is 4.98 Å². The molecule has 1 aliphatic heterocycles. The number of nitrogens with zero attached hydrogens (tertiary/aromatic N) is 4. The predicted molar refractivity (Wildman–Crippen MR) is 101 cm³/mol. The van der Waals surface area contributed by atoms with E-state index in [0.717, 1.165) is 36.6 Å². The van der Waals surface area contributed by atoms with Crippen LogP contribution in [0.15, 0.2) is 41.3 Å². The van der Waals surface area contributed by atoms with Crippen LogP contribution in [0.4, 0.5) is 5.13 Å². The highest BCUT2D eigenvalue weighted by atomic mass is 32.1. The summed E-state index contributed by atoms with van der Waals surface area (Å²) in [6, 6.07) is 9.56. The maximum Gasteiger partial charge on any atom is 0.288 e. The number of carbonyl (C=O) groups excluding carboxylic acids is 1. The Bertz CT molecular complexity index is 976. The maximum absolute atomic E-state index is 12.7. The molecule has 1 saturated heterocycles. The van der Waals surface area contributed by atoms with E-state index in [9.17, 15) is 9.59 Å². The van der Waals surface area contributed by atoms with E-state index >= 15 is 0 Å². The smallest absolute Gasteiger partial charge is 0.288 e. The molecule has 7 nitrogen and oxygen atoms in total. The van der Waals surface area contributed by atoms with Crippen molar-refractivity contribution in [3.8, 4) is 0 Å². The van der Waals surface area contributed by atoms with E-state index in [0.29, 0.717) is 11.5 Å². The van der Waals surface area contributed by atoms with Crippen molar-refractivity contribution < 1.29 is 4.79 Å². The number of benzene rings is 1. The molecule has 1 N–H and O–H groups in total. The zero-order valence-corrected chi connectivity index (χ0v) is 15.0. The molecule has 0 saturated carbocycles. The topological polar surface area (TPSA) is 79.6 Å². The molecule has 0 unspecified atom stereocenters. The van der Waals surface area contributed by atoms with Crippen molar-refractivity contribution in [2.45, 2.75) is 25.8 Å². The van der Waals surface area contributed by atoms with Gasteiger partial charge in [0.25, 0.3) is 11.5 Å². The third kappa shape index (κ3) is 3.32. The van der Waals surface area contributed by atoms with Crippen molar-refractivity contribution in [2.24, 2.45) is 0 Å². The molecule has 4 rings (SSSR count). The number of piperidine rings is 1. The van der Waals surface area contributed by atoms with E-state index < -0.39 is 11.5 Å². The van der Waals surface area contributed by atoms with Crippen LogP contribution in [0.25, 0.3) is 4.96 Å². The number of fused-ring (bicyclic) bond motifs is 1. The van der Waals surface area contributed by atoms with Gasteiger partial charge in [0.1, 0.15) is 5.56 Å². The Balaban J connectivity index is 1.56. The fourth-order valence-corrected chi connectivity index (χ4v) is 3.93. The lowest BCUT2D eigenvalue weighted by molar-refractivity contribution is 0.0948. The summed E-state index contributed by atoms with van der Waals surface area (Å²) in [6.07, 6.45) is 4.83. The highest BCUT2D eigenvalue weighted by molar-refractivity contribution is 7.20. The Kier molecular flexibility index (Phi) is 4.66. The number of anilines is 1. The summed E-state index contributed by atoms with van der Waals surface area (Å²) in [5.41, 5.74) is 0.546. The first-order valence-electron chi connectivity index (χ1n) is 8.68. The molecule has 3 heterocycles. The lowest BCUT2D eigenvalue weighted by Crippen LogP contribution is -2.32. The summed E-state index contributed by atoms with van der Waals surface area (Å²) in [5.74, 6) is -0.437. The zero-order valence-electron chi connectivity index (χ0n) is 14.2. The third-order valence-electron chi connectivity index (χ3n) is 4.44. The summed E-state index contributed by atoms with van der Waals surface area (Å²) in [5, 5.41) is 7.96. The van der Waals surface area contributed by atoms with E-state index in [1.807, 2.05) is 30.3 Å². The first kappa shape index (κ1) is 16.7. The number of aromatic nitrogens is 3. The molecule has 1 fully saturated rings. The van der Waals surface area contributed by atoms with Crippen LogP contribution in [0.2, 0.25) is 0 Å². The lowest BCUT2D eigenvalue weighted by atomic mass is 10.1. The van der Waals surface area contributed by atoms with Gasteiger partial charge in [0, 0.05) is 25.8 Å². The molecule has 0 spiro atoms. The Hall–Kier alpha value is -2.74. The number of nitrogens with one attached hydrogen (secondary N) is 1. The highest BCUT2D eigenvalue weighted by Crippen LogP contribution is 2.24. The fourth-order valence-electron chi connectivity index (χ4n) is 3.02. The molecule has 2 aromatic heterocycles. The van der Waals surface area contributed by atoms with Crippen LogP contribution in [0, 0.1) is 0 Å². The molecule has 1 aromatic carbocycles. The minimum Gasteiger partial charge on any atom is -0.348 e. The Morgan fingerprint density at radius 3 is 2.69 bits per heavy atom. The fraction of sp³-hybridized carbons (Fsp3) is 0.333. The lowest BCUT2D eigenvalue weighted by Gasteiger charge is -2.25. The number of hydrogen-bond donors (Lipinski definition) is 1. The van der Waals surface area contributed by atoms with E-state index in [2.05, 4.69) is 20.3 Å². The van der Waals surface area contributed by atoms with Crippen molar-refractivity contribution >= 4 is 27.3 Å². The number of hydrogen-bond acceptors (Lipinski definition) is 6. The summed E-state index contributed by atoms with van der Waals surface area (Å²) >= 11 is 1.38. The van der Waals surface area contributed by atoms with Gasteiger partial charge in [-0.1, -0.05) is 41.7 Å². The van der Waals surface area contributed by atoms with Crippen molar-refractivity contribution in [1.29, 1.82) is 0 Å². The van der Waals surface area contributed by atoms with E-state index in [1.165, 1.54) is 28.5 Å². The van der Waals surface area contributed by atoms with Crippen molar-refractivity contribution in [1.82, 2.24) is 19.9 Å². The van der Waals surface area contributed by atoms with Crippen LogP contribution in [-0.2, 0) is 6.54 Å². The van der Waals surface area contributed by atoms with Crippen LogP contribution >= 0.6 is 11.3 Å². The second kappa shape index (κ2) is 7.25. The van der Waals surface area contributed by atoms with Crippen molar-refractivity contribution in [2.75, 3.05) is 18.0 Å². The average molecular weight is 369 g/mol. The predicted octanol–water partition coefficient (Wildman–Crippen LogP) is 2.07. The first-order valence-corrected chi connectivity index (χ1v) is 9.50. The molecule has 0 bridgehead atoms. The van der Waals surface area contributed by atoms with Gasteiger partial charge in [-0.2, -0.15) is 4.52 Å². The maximum atomic E-state index is 12.7. The number of carbonyl (C=O) groups is 1. The van der Waals surface area contributed by atoms with E-state index in [-0.39, 0.29) is 5.56 Å². The largest absolute Gasteiger partial charge is 0.348 e. The van der Waals surface area contributed by atoms with E-state index in [4.69, 9.17) is 0 Å². The van der Waals surface area contributed by atoms with Crippen molar-refractivity contribution in [3.63, 3.8) is 0 Å². The summed E-state index contributed by atoms with van der Waals surface area (Å²) in [4.78, 5) is 32.0. The molecular formula is C18H19N5O2S. The van der Waals surface area contributed by atoms with Gasteiger partial charge in [-0.15, -0.1) is 5.10 Å². The van der Waals surface area contributed by atoms with Gasteiger partial charge in [0.15, 0.2) is 0 Å². The zero-order chi connectivity index (χ0) is 17.9. The molecular weight excluding hydrogens is 350 g/mol. The van der Waals surface area contributed by atoms with Gasteiger partial charge >= 0.3 is 0 Å². The average Bonchev–Trinajstić information content (AvgIpc) is 3.13. The van der Waals surface area contributed by atoms with Crippen LogP contribution in [0.3, 0.4) is 0 Å². The molecule has 1 amide bonds. The summed E-state index contributed by atoms with van der Waals surface area (Å²) < 4.78 is 1.24. The second-order valence-electron chi connectivity index (χ2n) is 6.27. The molecule has 1 aliphatic rings. The van der Waals surface area contributed by atoms with Gasteiger partial charge in [0.05, 0.1) is 0 Å². The van der Waals surface area contributed by atoms with Crippen molar-refractivity contribution in [3.05, 3.63) is 58.0 Å². The Labute approximate surface area is 154 Å². The standard InChI is InChI=1S/C18H19N5O2S/c24-15(19-11-13-7-3-1-4-8-13)14-12-20-17-23(16(14)25)21-18(26-17)22-9-5-2-6-10-22/h1,3-4,7-8,12H,2,5-6,9-11H2,(H,19,24). The van der Waals surface area contributed by atoms with Gasteiger partial charge in [-0.3, -0.25) is 9.59 Å². The molecule has 0 aliphatic carbocycles. The Morgan fingerprint density at radius 1 is 1.15 bits per heavy atom. The SMILES string of the molecule is O=C(NCc1ccccc1)c1cnc2sc(N3CCCCC3)nn2c1=O. The summed E-state index contributed by atoms with van der Waals surface area (Å²) in [6.45, 7) is 2.25. The van der Waals surface area contributed by atoms with E-state index in [1.54, 1.807) is 0 Å². The molecule has 26 heavy (non-hydrogen) atoms. The monoisotopic (exact) mass is 369 g/mol. The third-order valence-corrected chi connectivity index (χ3v) is 5.43. The quantitative estimate of drug-likeness (QED) is 0.762. The molecule has 8 heteroatoms. The summed E-state index contributed by atoms with van der Waals surface area (Å²) in [7, 11) is 0.